The van der Waals surface area contributed by atoms with Crippen LogP contribution in [-0.2, 0) is 24.2 Å². The van der Waals surface area contributed by atoms with Crippen LogP contribution >= 0.6 is 11.6 Å². The Labute approximate surface area is 157 Å². The molecule has 3 rings (SSSR count). The molecule has 2 aromatic rings. The summed E-state index contributed by atoms with van der Waals surface area (Å²) in [4.78, 5) is 12.2. The molecule has 1 aliphatic heterocycles. The highest BCUT2D eigenvalue weighted by atomic mass is 35.5. The number of hydrogen-bond donors (Lipinski definition) is 1. The minimum absolute atomic E-state index is 0.117. The zero-order chi connectivity index (χ0) is 18.7. The molecule has 0 aromatic heterocycles. The normalized spacial score (nSPS) is 15.3. The molecule has 1 atom stereocenters. The van der Waals surface area contributed by atoms with E-state index in [1.54, 1.807) is 6.07 Å². The number of halogens is 2. The zero-order valence-corrected chi connectivity index (χ0v) is 15.5. The average molecular weight is 378 g/mol. The number of fused-ring (bicyclic) bond motifs is 1. The van der Waals surface area contributed by atoms with Crippen molar-refractivity contribution in [3.05, 3.63) is 57.9 Å². The summed E-state index contributed by atoms with van der Waals surface area (Å²) in [6, 6.07) is 8.25. The number of ether oxygens (including phenoxy) is 2. The fourth-order valence-corrected chi connectivity index (χ4v) is 3.26. The van der Waals surface area contributed by atoms with Gasteiger partial charge in [-0.05, 0) is 38.1 Å². The van der Waals surface area contributed by atoms with E-state index in [1.807, 2.05) is 26.0 Å². The number of amides is 1. The Morgan fingerprint density at radius 1 is 1.42 bits per heavy atom. The van der Waals surface area contributed by atoms with E-state index in [0.29, 0.717) is 6.61 Å². The van der Waals surface area contributed by atoms with E-state index in [1.165, 1.54) is 12.1 Å². The second-order valence-electron chi connectivity index (χ2n) is 6.29. The fraction of sp³-hybridized carbons (Fsp3) is 0.350. The molecule has 0 saturated carbocycles. The lowest BCUT2D eigenvalue weighted by molar-refractivity contribution is -0.120. The Morgan fingerprint density at radius 3 is 2.96 bits per heavy atom. The van der Waals surface area contributed by atoms with Crippen molar-refractivity contribution in [1.29, 1.82) is 0 Å². The van der Waals surface area contributed by atoms with Crippen LogP contribution in [0.4, 0.5) is 4.39 Å². The standard InChI is InChI=1S/C20H21ClFNO3/c1-3-25-18-8-13-7-12(2)26-19(13)9-14(18)11-23-20(24)10-15-16(21)5-4-6-17(15)22/h4-6,8-9,12H,3,7,10-11H2,1-2H3,(H,23,24)/t12-/m1/s1. The summed E-state index contributed by atoms with van der Waals surface area (Å²) < 4.78 is 25.3. The molecule has 26 heavy (non-hydrogen) atoms. The van der Waals surface area contributed by atoms with Crippen LogP contribution in [-0.4, -0.2) is 18.6 Å². The topological polar surface area (TPSA) is 47.6 Å². The van der Waals surface area contributed by atoms with Crippen LogP contribution in [0.2, 0.25) is 5.02 Å². The van der Waals surface area contributed by atoms with Crippen LogP contribution in [0.15, 0.2) is 30.3 Å². The Hall–Kier alpha value is -2.27. The third kappa shape index (κ3) is 4.10. The average Bonchev–Trinajstić information content (AvgIpc) is 2.95. The van der Waals surface area contributed by atoms with Gasteiger partial charge < -0.3 is 14.8 Å². The third-order valence-corrected chi connectivity index (χ3v) is 4.61. The van der Waals surface area contributed by atoms with Gasteiger partial charge >= 0.3 is 0 Å². The third-order valence-electron chi connectivity index (χ3n) is 4.25. The molecular formula is C20H21ClFNO3. The number of benzene rings is 2. The lowest BCUT2D eigenvalue weighted by atomic mass is 10.1. The quantitative estimate of drug-likeness (QED) is 0.825. The highest BCUT2D eigenvalue weighted by Crippen LogP contribution is 2.35. The summed E-state index contributed by atoms with van der Waals surface area (Å²) in [6.45, 7) is 4.72. The van der Waals surface area contributed by atoms with Crippen molar-refractivity contribution < 1.29 is 18.7 Å². The first-order valence-corrected chi connectivity index (χ1v) is 9.00. The molecule has 0 unspecified atom stereocenters. The first kappa shape index (κ1) is 18.5. The number of nitrogens with one attached hydrogen (secondary N) is 1. The summed E-state index contributed by atoms with van der Waals surface area (Å²) in [7, 11) is 0. The molecule has 1 heterocycles. The lowest BCUT2D eigenvalue weighted by Crippen LogP contribution is -2.25. The van der Waals surface area contributed by atoms with Gasteiger partial charge in [0.2, 0.25) is 5.91 Å². The maximum atomic E-state index is 13.8. The van der Waals surface area contributed by atoms with Crippen LogP contribution in [0, 0.1) is 5.82 Å². The van der Waals surface area contributed by atoms with Crippen LogP contribution in [0.3, 0.4) is 0 Å². The highest BCUT2D eigenvalue weighted by Gasteiger charge is 2.22. The van der Waals surface area contributed by atoms with Gasteiger partial charge in [0.25, 0.3) is 0 Å². The van der Waals surface area contributed by atoms with Crippen LogP contribution < -0.4 is 14.8 Å². The van der Waals surface area contributed by atoms with Crippen LogP contribution in [0.5, 0.6) is 11.5 Å². The number of hydrogen-bond acceptors (Lipinski definition) is 3. The van der Waals surface area contributed by atoms with Gasteiger partial charge in [-0.15, -0.1) is 0 Å². The van der Waals surface area contributed by atoms with Crippen LogP contribution in [0.1, 0.15) is 30.5 Å². The molecule has 1 amide bonds. The number of carbonyl (C=O) groups excluding carboxylic acids is 1. The van der Waals surface area contributed by atoms with Gasteiger partial charge in [0.1, 0.15) is 23.4 Å². The Bertz CT molecular complexity index is 805. The van der Waals surface area contributed by atoms with Crippen molar-refractivity contribution in [2.45, 2.75) is 39.3 Å². The Morgan fingerprint density at radius 2 is 2.23 bits per heavy atom. The van der Waals surface area contributed by atoms with E-state index >= 15 is 0 Å². The summed E-state index contributed by atoms with van der Waals surface area (Å²) in [5.74, 6) is 0.757. The monoisotopic (exact) mass is 377 g/mol. The molecule has 2 aromatic carbocycles. The van der Waals surface area contributed by atoms with E-state index in [4.69, 9.17) is 21.1 Å². The molecular weight excluding hydrogens is 357 g/mol. The smallest absolute Gasteiger partial charge is 0.224 e. The molecule has 0 saturated heterocycles. The zero-order valence-electron chi connectivity index (χ0n) is 14.8. The molecule has 0 radical (unpaired) electrons. The molecule has 0 fully saturated rings. The number of carbonyl (C=O) groups is 1. The molecule has 0 spiro atoms. The summed E-state index contributed by atoms with van der Waals surface area (Å²) >= 11 is 5.98. The molecule has 6 heteroatoms. The van der Waals surface area contributed by atoms with E-state index < -0.39 is 5.82 Å². The second-order valence-corrected chi connectivity index (χ2v) is 6.69. The molecule has 138 valence electrons. The molecule has 0 aliphatic carbocycles. The predicted octanol–water partition coefficient (Wildman–Crippen LogP) is 4.06. The van der Waals surface area contributed by atoms with Gasteiger partial charge in [0.05, 0.1) is 13.0 Å². The first-order chi connectivity index (χ1) is 12.5. The van der Waals surface area contributed by atoms with Crippen molar-refractivity contribution >= 4 is 17.5 Å². The van der Waals surface area contributed by atoms with Crippen molar-refractivity contribution in [3.8, 4) is 11.5 Å². The van der Waals surface area contributed by atoms with E-state index in [0.717, 1.165) is 29.0 Å². The fourth-order valence-electron chi connectivity index (χ4n) is 3.03. The summed E-state index contributed by atoms with van der Waals surface area (Å²) in [6.07, 6.45) is 0.856. The Balaban J connectivity index is 1.71. The molecule has 0 bridgehead atoms. The SMILES string of the molecule is CCOc1cc2c(cc1CNC(=O)Cc1c(F)cccc1Cl)O[C@H](C)C2. The van der Waals surface area contributed by atoms with Gasteiger partial charge in [-0.25, -0.2) is 4.39 Å². The highest BCUT2D eigenvalue weighted by molar-refractivity contribution is 6.31. The second kappa shape index (κ2) is 7.96. The maximum absolute atomic E-state index is 13.8. The van der Waals surface area contributed by atoms with E-state index in [2.05, 4.69) is 5.32 Å². The van der Waals surface area contributed by atoms with E-state index in [9.17, 15) is 9.18 Å². The molecule has 1 aliphatic rings. The lowest BCUT2D eigenvalue weighted by Gasteiger charge is -2.14. The van der Waals surface area contributed by atoms with Crippen LogP contribution in [0.25, 0.3) is 0 Å². The van der Waals surface area contributed by atoms with Crippen molar-refractivity contribution in [2.75, 3.05) is 6.61 Å². The predicted molar refractivity (Wildman–Crippen MR) is 98.4 cm³/mol. The van der Waals surface area contributed by atoms with Gasteiger partial charge in [-0.1, -0.05) is 17.7 Å². The summed E-state index contributed by atoms with van der Waals surface area (Å²) in [5.41, 5.74) is 2.13. The minimum Gasteiger partial charge on any atom is -0.494 e. The van der Waals surface area contributed by atoms with Crippen molar-refractivity contribution in [3.63, 3.8) is 0 Å². The van der Waals surface area contributed by atoms with E-state index in [-0.39, 0.29) is 35.6 Å². The van der Waals surface area contributed by atoms with Gasteiger partial charge in [0.15, 0.2) is 0 Å². The van der Waals surface area contributed by atoms with Crippen molar-refractivity contribution in [2.24, 2.45) is 0 Å². The van der Waals surface area contributed by atoms with Crippen molar-refractivity contribution in [1.82, 2.24) is 5.32 Å². The van der Waals surface area contributed by atoms with Gasteiger partial charge in [0, 0.05) is 34.7 Å². The van der Waals surface area contributed by atoms with Gasteiger partial charge in [-0.3, -0.25) is 4.79 Å². The Kier molecular flexibility index (Phi) is 5.67. The summed E-state index contributed by atoms with van der Waals surface area (Å²) in [5, 5.41) is 3.05. The molecule has 1 N–H and O–H groups in total. The molecule has 4 nitrogen and oxygen atoms in total. The number of rotatable bonds is 6. The maximum Gasteiger partial charge on any atom is 0.224 e. The minimum atomic E-state index is -0.484. The first-order valence-electron chi connectivity index (χ1n) is 8.62. The largest absolute Gasteiger partial charge is 0.494 e. The van der Waals surface area contributed by atoms with Gasteiger partial charge in [-0.2, -0.15) is 0 Å².